The maximum atomic E-state index is 11.6. The van der Waals surface area contributed by atoms with E-state index in [4.69, 9.17) is 10.5 Å². The number of aromatic nitrogens is 1. The fraction of sp³-hybridized carbons (Fsp3) is 0.600. The average Bonchev–Trinajstić information content (AvgIpc) is 2.65. The summed E-state index contributed by atoms with van der Waals surface area (Å²) in [6, 6.07) is -0.505. The molecule has 1 heterocycles. The molecule has 0 saturated carbocycles. The number of hydrogen-bond donors (Lipinski definition) is 2. The van der Waals surface area contributed by atoms with Gasteiger partial charge in [-0.2, -0.15) is 0 Å². The molecule has 98 valence electrons. The first-order valence-electron chi connectivity index (χ1n) is 5.04. The number of carbonyl (C=O) groups excluding carboxylic acids is 1. The third-order valence-electron chi connectivity index (χ3n) is 2.10. The van der Waals surface area contributed by atoms with Crippen molar-refractivity contribution < 1.29 is 9.53 Å². The van der Waals surface area contributed by atoms with Crippen LogP contribution in [-0.2, 0) is 16.1 Å². The lowest BCUT2D eigenvalue weighted by Gasteiger charge is -2.13. The molecule has 7 heteroatoms. The molecule has 1 aromatic heterocycles. The van der Waals surface area contributed by atoms with Gasteiger partial charge in [-0.05, 0) is 5.92 Å². The highest BCUT2D eigenvalue weighted by Gasteiger charge is 2.18. The summed E-state index contributed by atoms with van der Waals surface area (Å²) in [5.41, 5.74) is 6.52. The molecule has 0 bridgehead atoms. The molecule has 0 aliphatic heterocycles. The van der Waals surface area contributed by atoms with Gasteiger partial charge in [0.25, 0.3) is 0 Å². The van der Waals surface area contributed by atoms with Crippen molar-refractivity contribution >= 4 is 34.8 Å². The van der Waals surface area contributed by atoms with Crippen molar-refractivity contribution in [3.8, 4) is 0 Å². The van der Waals surface area contributed by atoms with Crippen molar-refractivity contribution in [3.05, 3.63) is 11.1 Å². The molecule has 5 nitrogen and oxygen atoms in total. The average molecular weight is 280 g/mol. The third kappa shape index (κ3) is 4.99. The number of nitrogens with one attached hydrogen (secondary N) is 1. The van der Waals surface area contributed by atoms with Gasteiger partial charge in [-0.3, -0.25) is 4.79 Å². The molecule has 1 aromatic rings. The monoisotopic (exact) mass is 279 g/mol. The van der Waals surface area contributed by atoms with Gasteiger partial charge in [0.2, 0.25) is 5.91 Å². The molecule has 17 heavy (non-hydrogen) atoms. The van der Waals surface area contributed by atoms with Gasteiger partial charge in [-0.15, -0.1) is 23.7 Å². The molecule has 0 fully saturated rings. The van der Waals surface area contributed by atoms with E-state index >= 15 is 0 Å². The van der Waals surface area contributed by atoms with E-state index < -0.39 is 6.04 Å². The van der Waals surface area contributed by atoms with E-state index in [1.807, 2.05) is 19.2 Å². The van der Waals surface area contributed by atoms with Crippen LogP contribution in [0.25, 0.3) is 0 Å². The second-order valence-corrected chi connectivity index (χ2v) is 4.69. The zero-order valence-corrected chi connectivity index (χ0v) is 11.7. The number of hydrogen-bond acceptors (Lipinski definition) is 5. The molecule has 0 aliphatic carbocycles. The van der Waals surface area contributed by atoms with E-state index in [2.05, 4.69) is 10.3 Å². The standard InChI is InChI=1S/C10H17N3O2S.ClH/c1-6(2)8(11)9(14)13-10-12-7(4-15-3)5-16-10;/h5-6,8H,4,11H2,1-3H3,(H,12,13,14);1H/t8-;/m0./s1. The molecule has 3 N–H and O–H groups in total. The van der Waals surface area contributed by atoms with Gasteiger partial charge in [0.1, 0.15) is 0 Å². The second-order valence-electron chi connectivity index (χ2n) is 3.84. The van der Waals surface area contributed by atoms with E-state index in [0.29, 0.717) is 11.7 Å². The highest BCUT2D eigenvalue weighted by molar-refractivity contribution is 7.13. The number of rotatable bonds is 5. The normalized spacial score (nSPS) is 12.1. The van der Waals surface area contributed by atoms with Crippen LogP contribution in [0.5, 0.6) is 0 Å². The zero-order chi connectivity index (χ0) is 12.1. The van der Waals surface area contributed by atoms with Crippen molar-refractivity contribution in [2.75, 3.05) is 12.4 Å². The molecule has 0 saturated heterocycles. The van der Waals surface area contributed by atoms with Crippen molar-refractivity contribution in [3.63, 3.8) is 0 Å². The van der Waals surface area contributed by atoms with Crippen molar-refractivity contribution in [1.29, 1.82) is 0 Å². The summed E-state index contributed by atoms with van der Waals surface area (Å²) in [5, 5.41) is 5.10. The van der Waals surface area contributed by atoms with Crippen molar-refractivity contribution in [1.82, 2.24) is 4.98 Å². The summed E-state index contributed by atoms with van der Waals surface area (Å²) < 4.78 is 4.94. The van der Waals surface area contributed by atoms with Gasteiger partial charge in [0.15, 0.2) is 5.13 Å². The fourth-order valence-corrected chi connectivity index (χ4v) is 1.77. The summed E-state index contributed by atoms with van der Waals surface area (Å²) in [5.74, 6) is -0.0910. The first-order chi connectivity index (χ1) is 7.54. The predicted molar refractivity (Wildman–Crippen MR) is 71.5 cm³/mol. The zero-order valence-electron chi connectivity index (χ0n) is 10.1. The van der Waals surface area contributed by atoms with Crippen molar-refractivity contribution in [2.24, 2.45) is 11.7 Å². The molecule has 0 aromatic carbocycles. The number of amides is 1. The minimum absolute atomic E-state index is 0. The summed E-state index contributed by atoms with van der Waals surface area (Å²) in [4.78, 5) is 15.8. The Kier molecular flexibility index (Phi) is 7.29. The maximum absolute atomic E-state index is 11.6. The first kappa shape index (κ1) is 16.3. The number of anilines is 1. The highest BCUT2D eigenvalue weighted by atomic mass is 35.5. The van der Waals surface area contributed by atoms with E-state index in [-0.39, 0.29) is 24.2 Å². The molecule has 0 aliphatic rings. The Morgan fingerprint density at radius 1 is 1.65 bits per heavy atom. The Balaban J connectivity index is 0.00000256. The molecule has 1 rings (SSSR count). The minimum atomic E-state index is -0.505. The van der Waals surface area contributed by atoms with E-state index in [1.54, 1.807) is 7.11 Å². The molecule has 0 spiro atoms. The number of thiazole rings is 1. The van der Waals surface area contributed by atoms with Gasteiger partial charge in [0, 0.05) is 12.5 Å². The first-order valence-corrected chi connectivity index (χ1v) is 5.92. The van der Waals surface area contributed by atoms with Crippen LogP contribution in [0, 0.1) is 5.92 Å². The topological polar surface area (TPSA) is 77.2 Å². The van der Waals surface area contributed by atoms with Crippen LogP contribution in [0.1, 0.15) is 19.5 Å². The van der Waals surface area contributed by atoms with Crippen LogP contribution in [0.2, 0.25) is 0 Å². The van der Waals surface area contributed by atoms with Crippen LogP contribution >= 0.6 is 23.7 Å². The minimum Gasteiger partial charge on any atom is -0.378 e. The summed E-state index contributed by atoms with van der Waals surface area (Å²) in [7, 11) is 1.60. The number of carbonyl (C=O) groups is 1. The van der Waals surface area contributed by atoms with E-state index in [9.17, 15) is 4.79 Å². The van der Waals surface area contributed by atoms with Crippen LogP contribution in [0.4, 0.5) is 5.13 Å². The van der Waals surface area contributed by atoms with Crippen LogP contribution in [-0.4, -0.2) is 24.0 Å². The molecular weight excluding hydrogens is 262 g/mol. The Morgan fingerprint density at radius 2 is 2.29 bits per heavy atom. The number of ether oxygens (including phenoxy) is 1. The highest BCUT2D eigenvalue weighted by Crippen LogP contribution is 2.16. The number of halogens is 1. The lowest BCUT2D eigenvalue weighted by atomic mass is 10.1. The second kappa shape index (κ2) is 7.60. The molecule has 0 unspecified atom stereocenters. The number of methoxy groups -OCH3 is 1. The Bertz CT molecular complexity index is 357. The van der Waals surface area contributed by atoms with Crippen LogP contribution < -0.4 is 11.1 Å². The number of nitrogens with zero attached hydrogens (tertiary/aromatic N) is 1. The van der Waals surface area contributed by atoms with E-state index in [0.717, 1.165) is 5.69 Å². The summed E-state index contributed by atoms with van der Waals surface area (Å²) in [6.45, 7) is 4.26. The molecule has 1 atom stereocenters. The lowest BCUT2D eigenvalue weighted by Crippen LogP contribution is -2.39. The van der Waals surface area contributed by atoms with Gasteiger partial charge < -0.3 is 15.8 Å². The van der Waals surface area contributed by atoms with Crippen LogP contribution in [0.15, 0.2) is 5.38 Å². The smallest absolute Gasteiger partial charge is 0.243 e. The van der Waals surface area contributed by atoms with Gasteiger partial charge in [-0.25, -0.2) is 4.98 Å². The Hall–Kier alpha value is -0.690. The van der Waals surface area contributed by atoms with Crippen molar-refractivity contribution in [2.45, 2.75) is 26.5 Å². The third-order valence-corrected chi connectivity index (χ3v) is 2.90. The lowest BCUT2D eigenvalue weighted by molar-refractivity contribution is -0.118. The molecule has 0 radical (unpaired) electrons. The van der Waals surface area contributed by atoms with Gasteiger partial charge >= 0.3 is 0 Å². The molecule has 1 amide bonds. The quantitative estimate of drug-likeness (QED) is 0.859. The summed E-state index contributed by atoms with van der Waals surface area (Å²) in [6.07, 6.45) is 0. The Labute approximate surface area is 111 Å². The fourth-order valence-electron chi connectivity index (χ4n) is 1.07. The van der Waals surface area contributed by atoms with E-state index in [1.165, 1.54) is 11.3 Å². The SMILES string of the molecule is COCc1csc(NC(=O)[C@@H](N)C(C)C)n1.Cl. The maximum Gasteiger partial charge on any atom is 0.243 e. The Morgan fingerprint density at radius 3 is 2.82 bits per heavy atom. The van der Waals surface area contributed by atoms with Crippen LogP contribution in [0.3, 0.4) is 0 Å². The molecular formula is C10H18ClN3O2S. The predicted octanol–water partition coefficient (Wildman–Crippen LogP) is 1.63. The number of nitrogens with two attached hydrogens (primary N) is 1. The van der Waals surface area contributed by atoms with Gasteiger partial charge in [0.05, 0.1) is 18.3 Å². The summed E-state index contributed by atoms with van der Waals surface area (Å²) >= 11 is 1.37. The largest absolute Gasteiger partial charge is 0.378 e. The van der Waals surface area contributed by atoms with Gasteiger partial charge in [-0.1, -0.05) is 13.8 Å².